The number of carboxylic acid groups (broad SMARTS) is 1. The van der Waals surface area contributed by atoms with Crippen molar-refractivity contribution in [1.82, 2.24) is 15.1 Å². The number of halogens is 5. The summed E-state index contributed by atoms with van der Waals surface area (Å²) < 4.78 is 39.1. The number of ether oxygens (including phenoxy) is 7. The third-order valence-electron chi connectivity index (χ3n) is 17.4. The molecule has 3 aromatic carbocycles. The molecule has 27 heteroatoms. The number of nitrogens with one attached hydrogen (secondary N) is 1. The van der Waals surface area contributed by atoms with E-state index in [0.29, 0.717) is 74.1 Å². The second-order valence-electron chi connectivity index (χ2n) is 23.6. The maximum atomic E-state index is 11.4. The minimum absolute atomic E-state index is 0. The molecular formula is C67H100BCl5N4NaO16. The summed E-state index contributed by atoms with van der Waals surface area (Å²) >= 11 is 18.4. The average Bonchev–Trinajstić information content (AvgIpc) is 1.30. The van der Waals surface area contributed by atoms with Crippen molar-refractivity contribution in [2.75, 3.05) is 93.6 Å². The Bertz CT molecular complexity index is 2630. The number of aliphatic carboxylic acids is 1. The van der Waals surface area contributed by atoms with Crippen LogP contribution in [0.5, 0.6) is 17.2 Å². The summed E-state index contributed by atoms with van der Waals surface area (Å²) in [6.07, 6.45) is 18.8. The summed E-state index contributed by atoms with van der Waals surface area (Å²) in [6, 6.07) is 19.1. The molecule has 2 spiro atoms. The minimum Gasteiger partial charge on any atom is -0.550 e. The fourth-order valence-electron chi connectivity index (χ4n) is 12.8. The van der Waals surface area contributed by atoms with Crippen LogP contribution in [0.1, 0.15) is 184 Å². The summed E-state index contributed by atoms with van der Waals surface area (Å²) in [6.45, 7) is 15.5. The molecular weight excluding hydrogens is 1330 g/mol. The topological polar surface area (TPSA) is 245 Å². The minimum atomic E-state index is -1.08. The van der Waals surface area contributed by atoms with Crippen LogP contribution in [0.3, 0.4) is 0 Å². The first-order chi connectivity index (χ1) is 43.2. The Balaban J connectivity index is 0.000000586. The van der Waals surface area contributed by atoms with Gasteiger partial charge in [-0.15, -0.1) is 24.8 Å². The molecule has 8 aliphatic rings. The molecule has 3 aliphatic carbocycles. The average molecular weight is 1430 g/mol. The van der Waals surface area contributed by atoms with Gasteiger partial charge in [0.2, 0.25) is 0 Å². The predicted molar refractivity (Wildman–Crippen MR) is 363 cm³/mol. The summed E-state index contributed by atoms with van der Waals surface area (Å²) in [5.74, 6) is 6.98. The monoisotopic (exact) mass is 1430 g/mol. The van der Waals surface area contributed by atoms with E-state index in [-0.39, 0.29) is 74.4 Å². The van der Waals surface area contributed by atoms with Gasteiger partial charge in [0.1, 0.15) is 28.8 Å². The number of methoxy groups -OCH3 is 3. The summed E-state index contributed by atoms with van der Waals surface area (Å²) in [4.78, 5) is 67.9. The fraction of sp³-hybridized carbons (Fsp3) is 0.657. The van der Waals surface area contributed by atoms with Crippen LogP contribution in [0.2, 0.25) is 15.1 Å². The summed E-state index contributed by atoms with van der Waals surface area (Å²) in [7, 11) is 5.18. The van der Waals surface area contributed by atoms with Crippen LogP contribution in [0.25, 0.3) is 0 Å². The number of carbonyl (C=O) groups is 5. The molecule has 3 saturated carbocycles. The quantitative estimate of drug-likeness (QED) is 0.110. The maximum absolute atomic E-state index is 11.4. The van der Waals surface area contributed by atoms with E-state index in [1.165, 1.54) is 42.4 Å². The van der Waals surface area contributed by atoms with E-state index in [4.69, 9.17) is 77.9 Å². The van der Waals surface area contributed by atoms with Gasteiger partial charge in [-0.1, -0.05) is 41.7 Å². The number of hydrogen-bond donors (Lipinski definition) is 2. The van der Waals surface area contributed by atoms with Crippen LogP contribution >= 0.6 is 59.6 Å². The summed E-state index contributed by atoms with van der Waals surface area (Å²) in [5.41, 5.74) is 3.77. The van der Waals surface area contributed by atoms with Gasteiger partial charge in [-0.3, -0.25) is 9.59 Å². The van der Waals surface area contributed by atoms with Gasteiger partial charge in [-0.2, -0.15) is 0 Å². The molecule has 5 heterocycles. The van der Waals surface area contributed by atoms with Crippen molar-refractivity contribution in [3.63, 3.8) is 0 Å². The number of hydrogen-bond acceptors (Lipinski definition) is 20. The van der Waals surface area contributed by atoms with E-state index >= 15 is 0 Å². The Hall–Kier alpha value is -3.04. The van der Waals surface area contributed by atoms with Gasteiger partial charge in [0.25, 0.3) is 0 Å². The van der Waals surface area contributed by atoms with Gasteiger partial charge in [0.15, 0.2) is 11.6 Å². The number of piperidine rings is 3. The number of carboxylic acids is 1. The number of ketones is 2. The molecule has 0 bridgehead atoms. The molecule has 0 aromatic heterocycles. The van der Waals surface area contributed by atoms with Crippen molar-refractivity contribution in [3.8, 4) is 17.2 Å². The SMILES string of the molecule is CC(=O)OOC(C)=O.CC(=O)[O-].CCCON.COc1ccc(Cl)cc1C1CCN(C2CCC(=O)CC2)CC1.COc1ccc(Cl)cc1C1CCN(C2CCC3(CC2)OCCO3)CC1.COc1ccc(Cl)cc1C1CCNCC1.Cl.Cl.O=C1CCC2(CC1)OCCO2.[B].[Na+]. The Morgan fingerprint density at radius 3 is 1.18 bits per heavy atom. The van der Waals surface area contributed by atoms with Crippen molar-refractivity contribution in [2.45, 2.75) is 191 Å². The van der Waals surface area contributed by atoms with E-state index in [2.05, 4.69) is 47.8 Å². The molecule has 20 nitrogen and oxygen atoms in total. The Kier molecular flexibility index (Phi) is 45.3. The largest absolute Gasteiger partial charge is 1.00 e. The second-order valence-corrected chi connectivity index (χ2v) is 24.9. The van der Waals surface area contributed by atoms with Crippen LogP contribution in [-0.4, -0.2) is 165 Å². The van der Waals surface area contributed by atoms with Crippen molar-refractivity contribution in [2.24, 2.45) is 5.90 Å². The first kappa shape index (κ1) is 89.0. The number of nitrogens with two attached hydrogens (primary N) is 1. The zero-order valence-electron chi connectivity index (χ0n) is 56.3. The van der Waals surface area contributed by atoms with E-state index < -0.39 is 17.9 Å². The third-order valence-corrected chi connectivity index (χ3v) is 18.1. The molecule has 523 valence electrons. The normalized spacial score (nSPS) is 19.6. The molecule has 3 radical (unpaired) electrons. The molecule has 94 heavy (non-hydrogen) atoms. The molecule has 5 saturated heterocycles. The number of rotatable bonds is 10. The molecule has 0 unspecified atom stereocenters. The van der Waals surface area contributed by atoms with Gasteiger partial charge in [-0.05, 0) is 206 Å². The standard InChI is InChI=1S/C20H28ClNO3.C18H24ClNO2.C12H16ClNO.C8H12O3.C4H6O4.C3H9NO.C2H4O2.B.2ClH.Na/c1-23-19-3-2-16(21)14-18(19)15-6-10-22(11-7-15)17-4-8-20(9-5-17)24-12-13-25-20;1-22-18-7-2-14(19)12-17(18)13-8-10-20(11-9-13)15-3-5-16(21)6-4-15;1-15-12-3-2-10(13)8-11(12)9-4-6-14-7-5-9;9-7-1-3-8(4-2-7)10-5-6-11-8;1-3(5)7-8-4(2)6;1-2-3-5-4;1-2(3)4;;;;/h2-3,14-15,17H,4-13H2,1H3;2,7,12-13,15H,3-6,8-11H2,1H3;2-3,8-9,14H,4-7H2,1H3;1-6H2;1-2H3;2-4H2,1H3;1H3,(H,3,4);;2*1H;/q;;;;;;;;;;+1/p-1. The Morgan fingerprint density at radius 2 is 0.872 bits per heavy atom. The van der Waals surface area contributed by atoms with Crippen LogP contribution in [0.4, 0.5) is 0 Å². The first-order valence-corrected chi connectivity index (χ1v) is 33.0. The molecule has 3 aromatic rings. The van der Waals surface area contributed by atoms with E-state index in [1.807, 2.05) is 49.4 Å². The van der Waals surface area contributed by atoms with Crippen LogP contribution in [-0.2, 0) is 57.5 Å². The van der Waals surface area contributed by atoms with Crippen LogP contribution in [0.15, 0.2) is 54.6 Å². The second kappa shape index (κ2) is 47.9. The molecule has 0 atom stereocenters. The van der Waals surface area contributed by atoms with Crippen molar-refractivity contribution in [1.29, 1.82) is 0 Å². The molecule has 3 N–H and O–H groups in total. The molecule has 11 rings (SSSR count). The molecule has 8 fully saturated rings. The van der Waals surface area contributed by atoms with Crippen LogP contribution in [0, 0.1) is 0 Å². The van der Waals surface area contributed by atoms with Gasteiger partial charge < -0.3 is 63.0 Å². The Morgan fingerprint density at radius 1 is 0.553 bits per heavy atom. The van der Waals surface area contributed by atoms with Gasteiger partial charge >= 0.3 is 41.5 Å². The number of benzene rings is 3. The number of carbonyl (C=O) groups excluding carboxylic acids is 5. The Labute approximate surface area is 608 Å². The van der Waals surface area contributed by atoms with E-state index in [0.717, 1.165) is 189 Å². The fourth-order valence-corrected chi connectivity index (χ4v) is 13.3. The van der Waals surface area contributed by atoms with Gasteiger partial charge in [-0.25, -0.2) is 25.3 Å². The third kappa shape index (κ3) is 31.0. The zero-order chi connectivity index (χ0) is 65.5. The molecule has 5 aliphatic heterocycles. The van der Waals surface area contributed by atoms with Crippen molar-refractivity contribution >= 4 is 97.5 Å². The predicted octanol–water partition coefficient (Wildman–Crippen LogP) is 8.48. The van der Waals surface area contributed by atoms with Gasteiger partial charge in [0.05, 0.1) is 54.4 Å². The van der Waals surface area contributed by atoms with Gasteiger partial charge in [0, 0.05) is 107 Å². The van der Waals surface area contributed by atoms with E-state index in [9.17, 15) is 19.2 Å². The first-order valence-electron chi connectivity index (χ1n) is 31.9. The van der Waals surface area contributed by atoms with E-state index in [1.54, 1.807) is 21.3 Å². The smallest absolute Gasteiger partial charge is 0.550 e. The maximum Gasteiger partial charge on any atom is 1.00 e. The zero-order valence-corrected chi connectivity index (χ0v) is 62.2. The van der Waals surface area contributed by atoms with Crippen molar-refractivity contribution in [3.05, 3.63) is 86.4 Å². The van der Waals surface area contributed by atoms with Crippen molar-refractivity contribution < 1.29 is 106 Å². The number of nitrogens with zero attached hydrogens (tertiary/aromatic N) is 2. The number of Topliss-reactive ketones (excluding diaryl/α,β-unsaturated/α-hetero) is 2. The van der Waals surface area contributed by atoms with Crippen LogP contribution < -0.4 is 60.1 Å². The summed E-state index contributed by atoms with van der Waals surface area (Å²) in [5, 5.41) is 14.6. The number of likely N-dealkylation sites (tertiary alicyclic amines) is 2. The molecule has 0 amide bonds.